The normalized spacial score (nSPS) is 11.1. The Hall–Kier alpha value is -1.77. The molecular weight excluding hydrogens is 248 g/mol. The van der Waals surface area contributed by atoms with Crippen LogP contribution in [-0.2, 0) is 0 Å². The van der Waals surface area contributed by atoms with Crippen molar-refractivity contribution in [2.45, 2.75) is 40.0 Å². The molecule has 0 unspecified atom stereocenters. The maximum absolute atomic E-state index is 5.83. The maximum Gasteiger partial charge on any atom is 0.145 e. The van der Waals surface area contributed by atoms with E-state index in [1.807, 2.05) is 19.2 Å². The highest BCUT2D eigenvalue weighted by molar-refractivity contribution is 5.96. The quantitative estimate of drug-likeness (QED) is 0.870. The Kier molecular flexibility index (Phi) is 4.48. The fourth-order valence-corrected chi connectivity index (χ4v) is 2.70. The van der Waals surface area contributed by atoms with Crippen molar-refractivity contribution in [3.05, 3.63) is 29.5 Å². The van der Waals surface area contributed by atoms with Crippen LogP contribution in [0.25, 0.3) is 10.9 Å². The summed E-state index contributed by atoms with van der Waals surface area (Å²) in [6.45, 7) is 9.31. The minimum absolute atomic E-state index is 0.439. The lowest BCUT2D eigenvalue weighted by Crippen LogP contribution is -2.05. The molecule has 2 aromatic rings. The zero-order valence-corrected chi connectivity index (χ0v) is 13.1. The Labute approximate surface area is 121 Å². The number of hydrogen-bond acceptors (Lipinski definition) is 3. The number of rotatable bonds is 5. The zero-order valence-electron chi connectivity index (χ0n) is 13.1. The van der Waals surface area contributed by atoms with E-state index in [2.05, 4.69) is 39.1 Å². The Morgan fingerprint density at radius 3 is 2.65 bits per heavy atom. The number of anilines is 1. The first kappa shape index (κ1) is 14.6. The topological polar surface area (TPSA) is 34.1 Å². The van der Waals surface area contributed by atoms with Crippen molar-refractivity contribution in [1.29, 1.82) is 0 Å². The molecule has 2 rings (SSSR count). The van der Waals surface area contributed by atoms with Crippen LogP contribution in [-0.4, -0.2) is 18.6 Å². The Balaban J connectivity index is 2.70. The van der Waals surface area contributed by atoms with Gasteiger partial charge >= 0.3 is 0 Å². The smallest absolute Gasteiger partial charge is 0.145 e. The van der Waals surface area contributed by atoms with E-state index in [1.54, 1.807) is 0 Å². The third-order valence-electron chi connectivity index (χ3n) is 3.50. The fraction of sp³-hybridized carbons (Fsp3) is 0.471. The summed E-state index contributed by atoms with van der Waals surface area (Å²) in [5, 5.41) is 4.48. The number of aryl methyl sites for hydroxylation is 1. The minimum Gasteiger partial charge on any atom is -0.491 e. The molecule has 0 amide bonds. The number of hydrogen-bond donors (Lipinski definition) is 1. The van der Waals surface area contributed by atoms with Crippen LogP contribution < -0.4 is 10.1 Å². The lowest BCUT2D eigenvalue weighted by atomic mass is 9.96. The van der Waals surface area contributed by atoms with Crippen LogP contribution in [0.3, 0.4) is 0 Å². The Bertz CT molecular complexity index is 605. The molecule has 1 N–H and O–H groups in total. The van der Waals surface area contributed by atoms with Crippen molar-refractivity contribution in [2.75, 3.05) is 19.0 Å². The van der Waals surface area contributed by atoms with Crippen LogP contribution in [0, 0.1) is 6.92 Å². The summed E-state index contributed by atoms with van der Waals surface area (Å²) in [5.41, 5.74) is 4.48. The summed E-state index contributed by atoms with van der Waals surface area (Å²) in [7, 11) is 1.97. The van der Waals surface area contributed by atoms with Gasteiger partial charge in [0.15, 0.2) is 0 Å². The fourth-order valence-electron chi connectivity index (χ4n) is 2.70. The highest BCUT2D eigenvalue weighted by Gasteiger charge is 2.16. The van der Waals surface area contributed by atoms with E-state index < -0.39 is 0 Å². The monoisotopic (exact) mass is 272 g/mol. The molecule has 3 nitrogen and oxygen atoms in total. The van der Waals surface area contributed by atoms with Crippen molar-refractivity contribution in [1.82, 2.24) is 4.98 Å². The molecule has 0 aliphatic rings. The molecule has 108 valence electrons. The molecule has 0 saturated heterocycles. The van der Waals surface area contributed by atoms with Crippen molar-refractivity contribution in [3.63, 3.8) is 0 Å². The van der Waals surface area contributed by atoms with Gasteiger partial charge in [0.25, 0.3) is 0 Å². The van der Waals surface area contributed by atoms with Gasteiger partial charge in [0, 0.05) is 23.8 Å². The van der Waals surface area contributed by atoms with E-state index in [9.17, 15) is 0 Å². The van der Waals surface area contributed by atoms with Crippen molar-refractivity contribution in [3.8, 4) is 5.75 Å². The summed E-state index contributed by atoms with van der Waals surface area (Å²) < 4.78 is 5.83. The summed E-state index contributed by atoms with van der Waals surface area (Å²) in [5.74, 6) is 1.31. The molecule has 0 atom stereocenters. The van der Waals surface area contributed by atoms with Crippen molar-refractivity contribution in [2.24, 2.45) is 0 Å². The number of aromatic nitrogens is 1. The third kappa shape index (κ3) is 2.58. The number of nitrogens with zero attached hydrogens (tertiary/aromatic N) is 1. The molecule has 1 aromatic carbocycles. The second-order valence-corrected chi connectivity index (χ2v) is 5.39. The molecule has 1 heterocycles. The van der Waals surface area contributed by atoms with Crippen LogP contribution in [0.5, 0.6) is 5.75 Å². The number of nitrogens with one attached hydrogen (secondary N) is 1. The van der Waals surface area contributed by atoms with Gasteiger partial charge in [-0.1, -0.05) is 32.9 Å². The highest BCUT2D eigenvalue weighted by atomic mass is 16.5. The first-order valence-corrected chi connectivity index (χ1v) is 7.33. The maximum atomic E-state index is 5.83. The zero-order chi connectivity index (χ0) is 14.7. The number of benzene rings is 1. The average molecular weight is 272 g/mol. The molecule has 0 aliphatic heterocycles. The molecule has 0 radical (unpaired) electrons. The predicted molar refractivity (Wildman–Crippen MR) is 85.9 cm³/mol. The summed E-state index contributed by atoms with van der Waals surface area (Å²) in [6, 6.07) is 6.15. The van der Waals surface area contributed by atoms with Gasteiger partial charge in [0.2, 0.25) is 0 Å². The third-order valence-corrected chi connectivity index (χ3v) is 3.50. The standard InChI is InChI=1S/C17H24N2O/c1-6-10-20-14-9-7-8-13-16(14)19-12(4)15(11(2)3)17(13)18-5/h7-9,11H,6,10H2,1-5H3,(H,18,19). The molecule has 0 saturated carbocycles. The number of fused-ring (bicyclic) bond motifs is 1. The molecular formula is C17H24N2O. The van der Waals surface area contributed by atoms with Crippen molar-refractivity contribution >= 4 is 16.6 Å². The van der Waals surface area contributed by atoms with Gasteiger partial charge in [-0.15, -0.1) is 0 Å². The molecule has 0 bridgehead atoms. The molecule has 0 aliphatic carbocycles. The van der Waals surface area contributed by atoms with E-state index in [0.29, 0.717) is 5.92 Å². The average Bonchev–Trinajstić information content (AvgIpc) is 2.43. The van der Waals surface area contributed by atoms with Gasteiger partial charge in [0.1, 0.15) is 11.3 Å². The molecule has 20 heavy (non-hydrogen) atoms. The first-order valence-electron chi connectivity index (χ1n) is 7.33. The van der Waals surface area contributed by atoms with E-state index >= 15 is 0 Å². The van der Waals surface area contributed by atoms with Crippen molar-refractivity contribution < 1.29 is 4.74 Å². The predicted octanol–water partition coefficient (Wildman–Crippen LogP) is 4.50. The first-order chi connectivity index (χ1) is 9.60. The van der Waals surface area contributed by atoms with Crippen LogP contribution >= 0.6 is 0 Å². The Morgan fingerprint density at radius 2 is 2.05 bits per heavy atom. The highest BCUT2D eigenvalue weighted by Crippen LogP contribution is 2.36. The van der Waals surface area contributed by atoms with Gasteiger partial charge in [-0.25, -0.2) is 4.98 Å². The van der Waals surface area contributed by atoms with Gasteiger partial charge in [0.05, 0.1) is 6.61 Å². The minimum atomic E-state index is 0.439. The number of para-hydroxylation sites is 1. The number of pyridine rings is 1. The second-order valence-electron chi connectivity index (χ2n) is 5.39. The van der Waals surface area contributed by atoms with E-state index in [0.717, 1.165) is 35.4 Å². The van der Waals surface area contributed by atoms with Gasteiger partial charge in [-0.3, -0.25) is 0 Å². The van der Waals surface area contributed by atoms with Crippen LogP contribution in [0.15, 0.2) is 18.2 Å². The van der Waals surface area contributed by atoms with Crippen LogP contribution in [0.4, 0.5) is 5.69 Å². The molecule has 1 aromatic heterocycles. The van der Waals surface area contributed by atoms with E-state index in [1.165, 1.54) is 11.3 Å². The number of ether oxygens (including phenoxy) is 1. The van der Waals surface area contributed by atoms with E-state index in [4.69, 9.17) is 9.72 Å². The summed E-state index contributed by atoms with van der Waals surface area (Å²) >= 11 is 0. The lowest BCUT2D eigenvalue weighted by molar-refractivity contribution is 0.320. The molecule has 3 heteroatoms. The lowest BCUT2D eigenvalue weighted by Gasteiger charge is -2.19. The largest absolute Gasteiger partial charge is 0.491 e. The van der Waals surface area contributed by atoms with Gasteiger partial charge < -0.3 is 10.1 Å². The summed E-state index contributed by atoms with van der Waals surface area (Å²) in [6.07, 6.45) is 0.998. The van der Waals surface area contributed by atoms with Crippen LogP contribution in [0.2, 0.25) is 0 Å². The van der Waals surface area contributed by atoms with Gasteiger partial charge in [-0.05, 0) is 30.9 Å². The molecule has 0 fully saturated rings. The second kappa shape index (κ2) is 6.12. The summed E-state index contributed by atoms with van der Waals surface area (Å²) in [4.78, 5) is 4.79. The van der Waals surface area contributed by atoms with E-state index in [-0.39, 0.29) is 0 Å². The SMILES string of the molecule is CCCOc1cccc2c(NC)c(C(C)C)c(C)nc12. The Morgan fingerprint density at radius 1 is 1.30 bits per heavy atom. The molecule has 0 spiro atoms. The van der Waals surface area contributed by atoms with Crippen LogP contribution in [0.1, 0.15) is 44.4 Å². The van der Waals surface area contributed by atoms with Gasteiger partial charge in [-0.2, -0.15) is 0 Å².